The quantitative estimate of drug-likeness (QED) is 0.845. The SMILES string of the molecule is COc1ccc(C2=C(C)C(=NCCN3CCOCC3)NS2(=O)=O)cc1. The van der Waals surface area contributed by atoms with Crippen LogP contribution >= 0.6 is 0 Å². The molecule has 1 fully saturated rings. The minimum Gasteiger partial charge on any atom is -0.497 e. The molecular weight excluding hydrogens is 342 g/mol. The van der Waals surface area contributed by atoms with Gasteiger partial charge in [0.05, 0.1) is 26.9 Å². The average Bonchev–Trinajstić information content (AvgIpc) is 2.85. The molecule has 0 unspecified atom stereocenters. The van der Waals surface area contributed by atoms with Crippen LogP contribution in [0.2, 0.25) is 0 Å². The summed E-state index contributed by atoms with van der Waals surface area (Å²) in [4.78, 5) is 7.01. The van der Waals surface area contributed by atoms with Gasteiger partial charge in [0.15, 0.2) is 0 Å². The van der Waals surface area contributed by atoms with E-state index in [-0.39, 0.29) is 4.91 Å². The van der Waals surface area contributed by atoms with E-state index in [1.54, 1.807) is 38.3 Å². The monoisotopic (exact) mass is 365 g/mol. The van der Waals surface area contributed by atoms with E-state index in [2.05, 4.69) is 14.6 Å². The number of sulfonamides is 1. The lowest BCUT2D eigenvalue weighted by Crippen LogP contribution is -2.38. The summed E-state index contributed by atoms with van der Waals surface area (Å²) in [5, 5.41) is 0. The van der Waals surface area contributed by atoms with Gasteiger partial charge in [-0.25, -0.2) is 8.42 Å². The molecule has 8 heteroatoms. The number of amidine groups is 1. The highest BCUT2D eigenvalue weighted by Gasteiger charge is 2.32. The molecule has 0 aromatic heterocycles. The van der Waals surface area contributed by atoms with E-state index in [1.807, 2.05) is 0 Å². The maximum Gasteiger partial charge on any atom is 0.264 e. The summed E-state index contributed by atoms with van der Waals surface area (Å²) in [5.41, 5.74) is 1.27. The first-order valence-electron chi connectivity index (χ1n) is 8.24. The van der Waals surface area contributed by atoms with E-state index in [4.69, 9.17) is 9.47 Å². The Morgan fingerprint density at radius 1 is 1.24 bits per heavy atom. The first kappa shape index (κ1) is 17.9. The summed E-state index contributed by atoms with van der Waals surface area (Å²) >= 11 is 0. The van der Waals surface area contributed by atoms with Crippen molar-refractivity contribution in [3.05, 3.63) is 35.4 Å². The molecule has 0 bridgehead atoms. The standard InChI is InChI=1S/C17H23N3O4S/c1-13-16(14-3-5-15(23-2)6-4-14)25(21,22)19-17(13)18-7-8-20-9-11-24-12-10-20/h3-6H,7-12H2,1-2H3,(H,18,19). The summed E-state index contributed by atoms with van der Waals surface area (Å²) < 4.78 is 38.0. The zero-order valence-electron chi connectivity index (χ0n) is 14.5. The van der Waals surface area contributed by atoms with Crippen molar-refractivity contribution >= 4 is 20.8 Å². The van der Waals surface area contributed by atoms with Crippen LogP contribution in [0.15, 0.2) is 34.8 Å². The molecule has 0 amide bonds. The predicted octanol–water partition coefficient (Wildman–Crippen LogP) is 1.09. The average molecular weight is 365 g/mol. The predicted molar refractivity (Wildman–Crippen MR) is 97.2 cm³/mol. The first-order valence-corrected chi connectivity index (χ1v) is 9.72. The summed E-state index contributed by atoms with van der Waals surface area (Å²) in [6.07, 6.45) is 0. The van der Waals surface area contributed by atoms with Crippen molar-refractivity contribution in [2.24, 2.45) is 4.99 Å². The van der Waals surface area contributed by atoms with Gasteiger partial charge in [0.2, 0.25) is 0 Å². The van der Waals surface area contributed by atoms with Gasteiger partial charge in [0.1, 0.15) is 16.5 Å². The fourth-order valence-corrected chi connectivity index (χ4v) is 4.48. The van der Waals surface area contributed by atoms with Gasteiger partial charge in [-0.05, 0) is 36.8 Å². The number of hydrogen-bond acceptors (Lipinski definition) is 6. The number of nitrogens with one attached hydrogen (secondary N) is 1. The Kier molecular flexibility index (Phi) is 5.41. The van der Waals surface area contributed by atoms with Gasteiger partial charge in [-0.15, -0.1) is 0 Å². The van der Waals surface area contributed by atoms with Gasteiger partial charge in [-0.3, -0.25) is 14.6 Å². The molecular formula is C17H23N3O4S. The number of benzene rings is 1. The molecule has 3 rings (SSSR count). The summed E-state index contributed by atoms with van der Waals surface area (Å²) in [5.74, 6) is 1.11. The number of rotatable bonds is 5. The molecule has 7 nitrogen and oxygen atoms in total. The Morgan fingerprint density at radius 3 is 2.56 bits per heavy atom. The van der Waals surface area contributed by atoms with Crippen LogP contribution in [0, 0.1) is 0 Å². The molecule has 0 radical (unpaired) electrons. The lowest BCUT2D eigenvalue weighted by molar-refractivity contribution is 0.0394. The van der Waals surface area contributed by atoms with Crippen molar-refractivity contribution in [1.29, 1.82) is 0 Å². The number of hydrogen-bond donors (Lipinski definition) is 1. The molecule has 2 aliphatic heterocycles. The Labute approximate surface area is 148 Å². The van der Waals surface area contributed by atoms with Crippen LogP contribution in [0.5, 0.6) is 5.75 Å². The molecule has 1 saturated heterocycles. The molecule has 2 heterocycles. The van der Waals surface area contributed by atoms with Crippen LogP contribution in [-0.4, -0.2) is 65.7 Å². The van der Waals surface area contributed by atoms with Gasteiger partial charge in [0.25, 0.3) is 10.0 Å². The first-order chi connectivity index (χ1) is 12.0. The molecule has 1 aromatic carbocycles. The number of morpholine rings is 1. The second kappa shape index (κ2) is 7.55. The van der Waals surface area contributed by atoms with Crippen LogP contribution in [-0.2, 0) is 14.8 Å². The van der Waals surface area contributed by atoms with Gasteiger partial charge >= 0.3 is 0 Å². The van der Waals surface area contributed by atoms with Crippen molar-refractivity contribution in [2.75, 3.05) is 46.5 Å². The van der Waals surface area contributed by atoms with E-state index >= 15 is 0 Å². The maximum absolute atomic E-state index is 12.5. The van der Waals surface area contributed by atoms with Crippen LogP contribution < -0.4 is 9.46 Å². The lowest BCUT2D eigenvalue weighted by Gasteiger charge is -2.25. The van der Waals surface area contributed by atoms with E-state index in [0.717, 1.165) is 32.8 Å². The summed E-state index contributed by atoms with van der Waals surface area (Å²) in [6.45, 7) is 6.38. The summed E-state index contributed by atoms with van der Waals surface area (Å²) in [7, 11) is -2.01. The highest BCUT2D eigenvalue weighted by atomic mass is 32.2. The second-order valence-electron chi connectivity index (χ2n) is 5.97. The van der Waals surface area contributed by atoms with Crippen molar-refractivity contribution in [2.45, 2.75) is 6.92 Å². The molecule has 25 heavy (non-hydrogen) atoms. The third kappa shape index (κ3) is 4.02. The molecule has 0 saturated carbocycles. The molecule has 0 atom stereocenters. The van der Waals surface area contributed by atoms with Crippen LogP contribution in [0.3, 0.4) is 0 Å². The van der Waals surface area contributed by atoms with Gasteiger partial charge in [-0.2, -0.15) is 0 Å². The highest BCUT2D eigenvalue weighted by Crippen LogP contribution is 2.30. The molecule has 0 spiro atoms. The Morgan fingerprint density at radius 2 is 1.92 bits per heavy atom. The molecule has 1 aromatic rings. The van der Waals surface area contributed by atoms with Gasteiger partial charge < -0.3 is 9.47 Å². The van der Waals surface area contributed by atoms with Crippen molar-refractivity contribution < 1.29 is 17.9 Å². The zero-order valence-corrected chi connectivity index (χ0v) is 15.3. The minimum atomic E-state index is -3.59. The third-order valence-corrected chi connectivity index (χ3v) is 5.88. The van der Waals surface area contributed by atoms with E-state index in [0.29, 0.717) is 29.3 Å². The third-order valence-electron chi connectivity index (χ3n) is 4.34. The Balaban J connectivity index is 1.77. The van der Waals surface area contributed by atoms with E-state index in [9.17, 15) is 8.42 Å². The largest absolute Gasteiger partial charge is 0.497 e. The number of ether oxygens (including phenoxy) is 2. The van der Waals surface area contributed by atoms with E-state index in [1.165, 1.54) is 0 Å². The zero-order chi connectivity index (χ0) is 17.9. The fourth-order valence-electron chi connectivity index (χ4n) is 2.96. The Hall–Kier alpha value is -1.90. The van der Waals surface area contributed by atoms with Crippen molar-refractivity contribution in [3.8, 4) is 5.75 Å². The Bertz CT molecular complexity index is 779. The fraction of sp³-hybridized carbons (Fsp3) is 0.471. The van der Waals surface area contributed by atoms with E-state index < -0.39 is 10.0 Å². The van der Waals surface area contributed by atoms with Gasteiger partial charge in [-0.1, -0.05) is 0 Å². The van der Waals surface area contributed by atoms with Crippen molar-refractivity contribution in [3.63, 3.8) is 0 Å². The van der Waals surface area contributed by atoms with Crippen molar-refractivity contribution in [1.82, 2.24) is 9.62 Å². The molecule has 1 N–H and O–H groups in total. The van der Waals surface area contributed by atoms with Crippen LogP contribution in [0.1, 0.15) is 12.5 Å². The lowest BCUT2D eigenvalue weighted by atomic mass is 10.1. The topological polar surface area (TPSA) is 80.2 Å². The normalized spacial score (nSPS) is 22.2. The van der Waals surface area contributed by atoms with Crippen LogP contribution in [0.4, 0.5) is 0 Å². The number of nitrogens with zero attached hydrogens (tertiary/aromatic N) is 2. The van der Waals surface area contributed by atoms with Gasteiger partial charge in [0, 0.05) is 25.2 Å². The smallest absolute Gasteiger partial charge is 0.264 e. The highest BCUT2D eigenvalue weighted by molar-refractivity contribution is 8.00. The summed E-state index contributed by atoms with van der Waals surface area (Å²) in [6, 6.07) is 6.98. The van der Waals surface area contributed by atoms with Crippen LogP contribution in [0.25, 0.3) is 4.91 Å². The number of aliphatic imine (C=N–C) groups is 1. The molecule has 2 aliphatic rings. The second-order valence-corrected chi connectivity index (χ2v) is 7.59. The number of methoxy groups -OCH3 is 1. The molecule has 0 aliphatic carbocycles. The minimum absolute atomic E-state index is 0.278. The maximum atomic E-state index is 12.5. The molecule has 136 valence electrons.